The van der Waals surface area contributed by atoms with Gasteiger partial charge in [0.05, 0.1) is 30.4 Å². The zero-order valence-electron chi connectivity index (χ0n) is 18.5. The molecule has 30 heavy (non-hydrogen) atoms. The van der Waals surface area contributed by atoms with Crippen molar-refractivity contribution in [1.82, 2.24) is 5.32 Å². The molecular formula is C20H33BCl2N2O5. The van der Waals surface area contributed by atoms with Gasteiger partial charge >= 0.3 is 7.12 Å². The van der Waals surface area contributed by atoms with E-state index < -0.39 is 30.3 Å². The van der Waals surface area contributed by atoms with Crippen LogP contribution in [0.1, 0.15) is 39.7 Å². The first kappa shape index (κ1) is 27.0. The lowest BCUT2D eigenvalue weighted by Gasteiger charge is -2.32. The van der Waals surface area contributed by atoms with Crippen LogP contribution >= 0.6 is 24.0 Å². The van der Waals surface area contributed by atoms with E-state index in [2.05, 4.69) is 5.32 Å². The Morgan fingerprint density at radius 3 is 2.40 bits per heavy atom. The number of nitrogens with two attached hydrogens (primary N) is 1. The van der Waals surface area contributed by atoms with E-state index in [0.29, 0.717) is 18.1 Å². The summed E-state index contributed by atoms with van der Waals surface area (Å²) in [6.07, 6.45) is 0.477. The molecule has 1 aromatic carbocycles. The summed E-state index contributed by atoms with van der Waals surface area (Å²) in [7, 11) is 0.884. The van der Waals surface area contributed by atoms with Gasteiger partial charge in [-0.15, -0.1) is 12.4 Å². The highest BCUT2D eigenvalue weighted by Gasteiger charge is 2.54. The molecule has 10 heteroatoms. The molecule has 0 saturated carbocycles. The Morgan fingerprint density at radius 2 is 1.87 bits per heavy atom. The van der Waals surface area contributed by atoms with Crippen molar-refractivity contribution < 1.29 is 23.6 Å². The highest BCUT2D eigenvalue weighted by molar-refractivity contribution is 6.48. The largest absolute Gasteiger partial charge is 0.493 e. The van der Waals surface area contributed by atoms with Crippen LogP contribution in [-0.4, -0.2) is 56.5 Å². The van der Waals surface area contributed by atoms with Crippen molar-refractivity contribution in [1.29, 1.82) is 0 Å². The molecule has 170 valence electrons. The molecule has 0 spiro atoms. The molecule has 0 bridgehead atoms. The molecule has 0 aromatic heterocycles. The topological polar surface area (TPSA) is 92.0 Å². The Balaban J connectivity index is 0.00000450. The van der Waals surface area contributed by atoms with E-state index >= 15 is 0 Å². The van der Waals surface area contributed by atoms with Gasteiger partial charge in [0.2, 0.25) is 5.91 Å². The fourth-order valence-electron chi connectivity index (χ4n) is 2.94. The molecule has 3 N–H and O–H groups in total. The van der Waals surface area contributed by atoms with Gasteiger partial charge in [0, 0.05) is 18.6 Å². The Labute approximate surface area is 190 Å². The molecule has 2 atom stereocenters. The Kier molecular flexibility index (Phi) is 9.92. The number of carbonyl (C=O) groups is 1. The summed E-state index contributed by atoms with van der Waals surface area (Å²) in [5.74, 6) is -0.0159. The minimum absolute atomic E-state index is 0. The highest BCUT2D eigenvalue weighted by Crippen LogP contribution is 2.38. The van der Waals surface area contributed by atoms with Gasteiger partial charge in [-0.25, -0.2) is 0 Å². The fraction of sp³-hybridized carbons (Fsp3) is 0.650. The summed E-state index contributed by atoms with van der Waals surface area (Å²) < 4.78 is 23.1. The van der Waals surface area contributed by atoms with Gasteiger partial charge in [-0.3, -0.25) is 4.79 Å². The molecule has 0 radical (unpaired) electrons. The minimum atomic E-state index is -0.774. The van der Waals surface area contributed by atoms with Gasteiger partial charge in [-0.1, -0.05) is 11.6 Å². The van der Waals surface area contributed by atoms with Crippen LogP contribution in [0.4, 0.5) is 0 Å². The van der Waals surface area contributed by atoms with Crippen LogP contribution in [0.15, 0.2) is 18.2 Å². The zero-order valence-corrected chi connectivity index (χ0v) is 20.1. The SMILES string of the molecule is COC[C@@H](N)C(=O)N[C@H](CCOc1ccc(Cl)cc1C)B1OC(C)(C)C(C)(C)O1.Cl. The maximum Gasteiger partial charge on any atom is 0.481 e. The first-order valence-electron chi connectivity index (χ1n) is 9.76. The summed E-state index contributed by atoms with van der Waals surface area (Å²) in [5.41, 5.74) is 5.79. The fourth-order valence-corrected chi connectivity index (χ4v) is 3.17. The number of rotatable bonds is 9. The lowest BCUT2D eigenvalue weighted by molar-refractivity contribution is -0.123. The maximum absolute atomic E-state index is 12.5. The van der Waals surface area contributed by atoms with Gasteiger partial charge in [0.25, 0.3) is 0 Å². The number of benzene rings is 1. The third kappa shape index (κ3) is 6.74. The van der Waals surface area contributed by atoms with Gasteiger partial charge in [-0.2, -0.15) is 0 Å². The Bertz CT molecular complexity index is 704. The molecule has 1 amide bonds. The lowest BCUT2D eigenvalue weighted by atomic mass is 9.76. The second kappa shape index (κ2) is 11.0. The van der Waals surface area contributed by atoms with Crippen LogP contribution in [0, 0.1) is 6.92 Å². The van der Waals surface area contributed by atoms with Crippen molar-refractivity contribution in [2.75, 3.05) is 20.3 Å². The van der Waals surface area contributed by atoms with E-state index in [1.165, 1.54) is 7.11 Å². The second-order valence-electron chi connectivity index (χ2n) is 8.35. The smallest absolute Gasteiger partial charge is 0.481 e. The summed E-state index contributed by atoms with van der Waals surface area (Å²) in [6, 6.07) is 4.67. The molecule has 0 aliphatic carbocycles. The van der Waals surface area contributed by atoms with Crippen molar-refractivity contribution in [3.8, 4) is 5.75 Å². The standard InChI is InChI=1S/C20H32BClN2O5.ClH/c1-13-11-14(22)7-8-16(13)27-10-9-17(24-18(25)15(23)12-26-6)21-28-19(2,3)20(4,5)29-21;/h7-8,11,15,17H,9-10,12,23H2,1-6H3,(H,24,25);1H/t15-,17-;/m1./s1. The predicted molar refractivity (Wildman–Crippen MR) is 121 cm³/mol. The van der Waals surface area contributed by atoms with Crippen LogP contribution in [0.3, 0.4) is 0 Å². The Hall–Kier alpha value is -1.03. The summed E-state index contributed by atoms with van der Waals surface area (Å²) in [6.45, 7) is 10.3. The van der Waals surface area contributed by atoms with Crippen molar-refractivity contribution in [3.63, 3.8) is 0 Å². The van der Waals surface area contributed by atoms with E-state index in [0.717, 1.165) is 11.3 Å². The van der Waals surface area contributed by atoms with Gasteiger partial charge in [-0.05, 0) is 58.4 Å². The molecular weight excluding hydrogens is 430 g/mol. The van der Waals surface area contributed by atoms with Gasteiger partial charge in [0.1, 0.15) is 11.8 Å². The Morgan fingerprint density at radius 1 is 1.27 bits per heavy atom. The number of carbonyl (C=O) groups excluding carboxylic acids is 1. The number of halogens is 2. The van der Waals surface area contributed by atoms with Gasteiger partial charge < -0.3 is 29.8 Å². The molecule has 1 aliphatic heterocycles. The van der Waals surface area contributed by atoms with E-state index in [1.807, 2.05) is 46.8 Å². The average molecular weight is 463 g/mol. The van der Waals surface area contributed by atoms with Crippen LogP contribution in [0.5, 0.6) is 5.75 Å². The van der Waals surface area contributed by atoms with E-state index in [9.17, 15) is 4.79 Å². The molecule has 1 heterocycles. The number of hydrogen-bond donors (Lipinski definition) is 2. The van der Waals surface area contributed by atoms with E-state index in [1.54, 1.807) is 6.07 Å². The summed E-state index contributed by atoms with van der Waals surface area (Å²) >= 11 is 6.00. The first-order chi connectivity index (χ1) is 13.5. The van der Waals surface area contributed by atoms with Crippen LogP contribution in [0.2, 0.25) is 5.02 Å². The maximum atomic E-state index is 12.5. The second-order valence-corrected chi connectivity index (χ2v) is 8.79. The molecule has 2 rings (SSSR count). The summed E-state index contributed by atoms with van der Waals surface area (Å²) in [5, 5.41) is 3.59. The molecule has 7 nitrogen and oxygen atoms in total. The van der Waals surface area contributed by atoms with E-state index in [-0.39, 0.29) is 24.9 Å². The normalized spacial score (nSPS) is 19.0. The monoisotopic (exact) mass is 462 g/mol. The van der Waals surface area contributed by atoms with E-state index in [4.69, 9.17) is 36.1 Å². The third-order valence-corrected chi connectivity index (χ3v) is 5.67. The average Bonchev–Trinajstić information content (AvgIpc) is 2.83. The zero-order chi connectivity index (χ0) is 21.8. The molecule has 1 aromatic rings. The molecule has 0 unspecified atom stereocenters. The minimum Gasteiger partial charge on any atom is -0.493 e. The quantitative estimate of drug-likeness (QED) is 0.548. The molecule has 1 saturated heterocycles. The number of hydrogen-bond acceptors (Lipinski definition) is 6. The van der Waals surface area contributed by atoms with Crippen molar-refractivity contribution >= 4 is 37.0 Å². The van der Waals surface area contributed by atoms with Crippen molar-refractivity contribution in [2.45, 2.75) is 64.2 Å². The van der Waals surface area contributed by atoms with Crippen LogP contribution in [0.25, 0.3) is 0 Å². The summed E-state index contributed by atoms with van der Waals surface area (Å²) in [4.78, 5) is 12.5. The van der Waals surface area contributed by atoms with Crippen LogP contribution < -0.4 is 15.8 Å². The lowest BCUT2D eigenvalue weighted by Crippen LogP contribution is -2.54. The number of amides is 1. The first-order valence-corrected chi connectivity index (χ1v) is 10.1. The van der Waals surface area contributed by atoms with Crippen molar-refractivity contribution in [2.24, 2.45) is 5.73 Å². The molecule has 1 aliphatic rings. The number of aryl methyl sites for hydroxylation is 1. The third-order valence-electron chi connectivity index (χ3n) is 5.43. The number of nitrogens with one attached hydrogen (secondary N) is 1. The van der Waals surface area contributed by atoms with Gasteiger partial charge in [0.15, 0.2) is 0 Å². The highest BCUT2D eigenvalue weighted by atomic mass is 35.5. The van der Waals surface area contributed by atoms with Crippen molar-refractivity contribution in [3.05, 3.63) is 28.8 Å². The predicted octanol–water partition coefficient (Wildman–Crippen LogP) is 2.93. The number of ether oxygens (including phenoxy) is 2. The number of methoxy groups -OCH3 is 1. The molecule has 1 fully saturated rings. The van der Waals surface area contributed by atoms with Crippen LogP contribution in [-0.2, 0) is 18.8 Å².